The molecule has 0 bridgehead atoms. The highest BCUT2D eigenvalue weighted by Crippen LogP contribution is 2.28. The minimum atomic E-state index is -6.09. The molecule has 2 aliphatic carbocycles. The van der Waals surface area contributed by atoms with E-state index in [9.17, 15) is 45.5 Å². The molecule has 6 rings (SSSR count). The van der Waals surface area contributed by atoms with E-state index in [1.165, 1.54) is 77.0 Å². The van der Waals surface area contributed by atoms with Gasteiger partial charge in [0.05, 0.1) is 10.4 Å². The Hall–Kier alpha value is -5.20. The van der Waals surface area contributed by atoms with Crippen molar-refractivity contribution < 1.29 is 80.8 Å². The van der Waals surface area contributed by atoms with E-state index >= 15 is 0 Å². The van der Waals surface area contributed by atoms with Crippen molar-refractivity contribution in [1.82, 2.24) is 19.8 Å². The number of alkyl halides is 6. The number of hydrogen-bond acceptors (Lipinski definition) is 12. The highest BCUT2D eigenvalue weighted by Gasteiger charge is 2.44. The van der Waals surface area contributed by atoms with Crippen LogP contribution >= 0.6 is 0 Å². The first-order chi connectivity index (χ1) is 34.0. The Balaban J connectivity index is 0.000000605. The van der Waals surface area contributed by atoms with E-state index in [1.54, 1.807) is 55.1 Å². The number of benzene rings is 2. The average molecular weight is 1060 g/mol. The van der Waals surface area contributed by atoms with Crippen LogP contribution in [0.2, 0.25) is 0 Å². The van der Waals surface area contributed by atoms with Gasteiger partial charge in [0.2, 0.25) is 45.9 Å². The first-order valence-electron chi connectivity index (χ1n) is 24.4. The van der Waals surface area contributed by atoms with Gasteiger partial charge in [-0.05, 0) is 51.4 Å². The normalized spacial score (nSPS) is 13.4. The van der Waals surface area contributed by atoms with Crippen LogP contribution in [0, 0.1) is 0 Å². The summed E-state index contributed by atoms with van der Waals surface area (Å²) >= 11 is 0. The number of ketones is 4. The van der Waals surface area contributed by atoms with Crippen LogP contribution in [0.25, 0.3) is 0 Å². The van der Waals surface area contributed by atoms with Gasteiger partial charge in [-0.15, -0.1) is 18.7 Å². The van der Waals surface area contributed by atoms with Crippen molar-refractivity contribution in [3.05, 3.63) is 93.6 Å². The summed E-state index contributed by atoms with van der Waals surface area (Å²) in [6, 6.07) is 14.2. The molecule has 0 saturated heterocycles. The van der Waals surface area contributed by atoms with E-state index in [1.807, 2.05) is 12.1 Å². The maximum absolute atomic E-state index is 13.8. The Kier molecular flexibility index (Phi) is 22.4. The molecule has 0 radical (unpaired) electrons. The summed E-state index contributed by atoms with van der Waals surface area (Å²) in [5.74, 6) is -0.526. The number of unbranched alkanes of at least 4 members (excludes halogenated alkanes) is 17. The second-order valence-electron chi connectivity index (χ2n) is 17.6. The van der Waals surface area contributed by atoms with E-state index in [2.05, 4.69) is 13.8 Å². The van der Waals surface area contributed by atoms with E-state index in [-0.39, 0.29) is 23.1 Å². The molecule has 0 amide bonds. The number of aromatic nitrogens is 6. The SMILES string of the molecule is CCCCCCCCCC[n+]1nn(CCCCCCn2n[n+](CCCCCCCCCC)c3c2C(=O)c2ccccc2C3=O)c2c1C(=O)c1ccccc1C2=O.O=S(=O)([O-])C(F)(F)F.O=S(=O)([O-])C(F)(F)F. The van der Waals surface area contributed by atoms with Gasteiger partial charge in [-0.2, -0.15) is 26.3 Å². The van der Waals surface area contributed by atoms with Crippen LogP contribution in [-0.4, -0.2) is 79.9 Å². The molecule has 72 heavy (non-hydrogen) atoms. The quantitative estimate of drug-likeness (QED) is 0.0172. The lowest BCUT2D eigenvalue weighted by Gasteiger charge is -2.11. The third kappa shape index (κ3) is 16.1. The van der Waals surface area contributed by atoms with Crippen molar-refractivity contribution in [3.8, 4) is 0 Å². The molecule has 2 aliphatic rings. The van der Waals surface area contributed by atoms with Gasteiger partial charge < -0.3 is 9.11 Å². The summed E-state index contributed by atoms with van der Waals surface area (Å²) in [5, 5.41) is 9.68. The first kappa shape index (κ1) is 59.4. The van der Waals surface area contributed by atoms with Gasteiger partial charge in [-0.25, -0.2) is 16.8 Å². The Bertz CT molecular complexity index is 2540. The molecule has 0 atom stereocenters. The second-order valence-corrected chi connectivity index (χ2v) is 20.4. The number of rotatable bonds is 25. The molecule has 0 spiro atoms. The Morgan fingerprint density at radius 2 is 0.694 bits per heavy atom. The minimum absolute atomic E-state index is 0.126. The van der Waals surface area contributed by atoms with Crippen molar-refractivity contribution >= 4 is 43.4 Å². The maximum Gasteiger partial charge on any atom is 0.485 e. The van der Waals surface area contributed by atoms with Crippen LogP contribution < -0.4 is 9.36 Å². The van der Waals surface area contributed by atoms with Gasteiger partial charge >= 0.3 is 11.0 Å². The van der Waals surface area contributed by atoms with Crippen molar-refractivity contribution in [2.45, 2.75) is 179 Å². The molecule has 16 nitrogen and oxygen atoms in total. The smallest absolute Gasteiger partial charge is 0.485 e. The largest absolute Gasteiger partial charge is 0.741 e. The van der Waals surface area contributed by atoms with Crippen molar-refractivity contribution in [2.24, 2.45) is 0 Å². The van der Waals surface area contributed by atoms with Crippen molar-refractivity contribution in [1.29, 1.82) is 0 Å². The summed E-state index contributed by atoms with van der Waals surface area (Å²) in [6.45, 7) is 6.77. The summed E-state index contributed by atoms with van der Waals surface area (Å²) in [5.41, 5.74) is -7.84. The molecule has 4 aromatic rings. The summed E-state index contributed by atoms with van der Waals surface area (Å²) in [7, 11) is -12.2. The minimum Gasteiger partial charge on any atom is -0.741 e. The molecule has 0 N–H and O–H groups in total. The number of carbonyl (C=O) groups excluding carboxylic acids is 4. The number of hydrogen-bond donors (Lipinski definition) is 0. The van der Waals surface area contributed by atoms with E-state index < -0.39 is 31.3 Å². The van der Waals surface area contributed by atoms with Crippen molar-refractivity contribution in [2.75, 3.05) is 0 Å². The molecule has 0 unspecified atom stereocenters. The third-order valence-corrected chi connectivity index (χ3v) is 13.2. The third-order valence-electron chi connectivity index (χ3n) is 12.1. The monoisotopic (exact) mass is 1060 g/mol. The van der Waals surface area contributed by atoms with Gasteiger partial charge in [0.1, 0.15) is 26.2 Å². The Labute approximate surface area is 415 Å². The van der Waals surface area contributed by atoms with Crippen LogP contribution in [-0.2, 0) is 46.4 Å². The highest BCUT2D eigenvalue weighted by molar-refractivity contribution is 7.86. The van der Waals surface area contributed by atoms with Crippen LogP contribution in [0.15, 0.2) is 48.5 Å². The maximum atomic E-state index is 13.8. The van der Waals surface area contributed by atoms with Crippen LogP contribution in [0.3, 0.4) is 0 Å². The lowest BCUT2D eigenvalue weighted by Crippen LogP contribution is -2.43. The van der Waals surface area contributed by atoms with E-state index in [0.717, 1.165) is 51.4 Å². The van der Waals surface area contributed by atoms with Crippen LogP contribution in [0.4, 0.5) is 26.3 Å². The standard InChI is InChI=1S/C46H62N6O4.2CHF3O3S/c1-3-5-7-9-11-13-15-23-31-49-39-41(45(55)37-29-21-19-27-35(37)43(39)53)51(47-49)33-25-17-18-26-34-52-42-40(44(54)36-28-20-22-30-38(36)46(42)56)50(48-52)32-24-16-14-12-10-8-6-4-2;2*2-1(3,4)8(5,6)7/h19-22,27-30H,3-18,23-26,31-34H2,1-2H3;2*(H,5,6,7)/q+2;;/p-2. The molecule has 0 saturated carbocycles. The zero-order valence-corrected chi connectivity index (χ0v) is 42.1. The fourth-order valence-electron chi connectivity index (χ4n) is 8.39. The van der Waals surface area contributed by atoms with Crippen LogP contribution in [0.1, 0.15) is 206 Å². The average Bonchev–Trinajstić information content (AvgIpc) is 3.88. The van der Waals surface area contributed by atoms with Crippen LogP contribution in [0.5, 0.6) is 0 Å². The Morgan fingerprint density at radius 1 is 0.444 bits per heavy atom. The number of nitrogens with zero attached hydrogens (tertiary/aromatic N) is 6. The molecule has 0 aliphatic heterocycles. The van der Waals surface area contributed by atoms with Gasteiger partial charge in [0, 0.05) is 22.3 Å². The predicted octanol–water partition coefficient (Wildman–Crippen LogP) is 8.85. The molecule has 2 heterocycles. The molecule has 398 valence electrons. The Morgan fingerprint density at radius 3 is 0.972 bits per heavy atom. The molecule has 24 heteroatoms. The predicted molar refractivity (Wildman–Crippen MR) is 247 cm³/mol. The zero-order valence-electron chi connectivity index (χ0n) is 40.4. The highest BCUT2D eigenvalue weighted by atomic mass is 32.2. The lowest BCUT2D eigenvalue weighted by atomic mass is 9.89. The fraction of sp³-hybridized carbons (Fsp3) is 0.583. The number of carbonyl (C=O) groups is 4. The summed E-state index contributed by atoms with van der Waals surface area (Å²) in [4.78, 5) is 55.0. The molecule has 0 fully saturated rings. The van der Waals surface area contributed by atoms with E-state index in [0.29, 0.717) is 71.2 Å². The summed E-state index contributed by atoms with van der Waals surface area (Å²) < 4.78 is 125. The lowest BCUT2D eigenvalue weighted by molar-refractivity contribution is -0.757. The molecular formula is C48H62F6N6O10S2. The number of aryl methyl sites for hydroxylation is 4. The van der Waals surface area contributed by atoms with Crippen molar-refractivity contribution in [3.63, 3.8) is 0 Å². The first-order valence-corrected chi connectivity index (χ1v) is 27.2. The fourth-order valence-corrected chi connectivity index (χ4v) is 8.39. The van der Waals surface area contributed by atoms with Gasteiger partial charge in [-0.1, -0.05) is 139 Å². The van der Waals surface area contributed by atoms with Gasteiger partial charge in [0.15, 0.2) is 20.2 Å². The molecule has 2 aromatic heterocycles. The number of halogens is 6. The topological polar surface area (TPSA) is 226 Å². The van der Waals surface area contributed by atoms with Gasteiger partial charge in [-0.3, -0.25) is 19.2 Å². The number of fused-ring (bicyclic) bond motifs is 4. The van der Waals surface area contributed by atoms with E-state index in [4.69, 9.17) is 36.4 Å². The van der Waals surface area contributed by atoms with Gasteiger partial charge in [0.25, 0.3) is 0 Å². The zero-order chi connectivity index (χ0) is 53.3. The second kappa shape index (κ2) is 27.2. The molecular weight excluding hydrogens is 999 g/mol. The molecule has 2 aromatic carbocycles. The summed E-state index contributed by atoms with van der Waals surface area (Å²) in [6.07, 6.45) is 22.3.